The molecule has 5 nitrogen and oxygen atoms in total. The number of hydrogen-bond acceptors (Lipinski definition) is 4. The van der Waals surface area contributed by atoms with Crippen LogP contribution in [0, 0.1) is 6.92 Å². The number of carbonyl (C=O) groups is 2. The van der Waals surface area contributed by atoms with Crippen molar-refractivity contribution in [3.8, 4) is 5.75 Å². The minimum absolute atomic E-state index is 0.0113. The molecule has 0 aliphatic carbocycles. The standard InChI is InChI=1S/C17H24N2O3/c1-6-19(17(3,4)5)15(20)10-18-11-16(21)22-14-8-7-12(2)9-13(14)18/h7-9H,6,10-11H2,1-5H3. The molecule has 22 heavy (non-hydrogen) atoms. The van der Waals surface area contributed by atoms with E-state index in [1.165, 1.54) is 0 Å². The number of anilines is 1. The smallest absolute Gasteiger partial charge is 0.331 e. The summed E-state index contributed by atoms with van der Waals surface area (Å²) in [5.74, 6) is 0.202. The third-order valence-electron chi connectivity index (χ3n) is 3.75. The molecule has 0 fully saturated rings. The quantitative estimate of drug-likeness (QED) is 0.635. The van der Waals surface area contributed by atoms with Crippen molar-refractivity contribution in [2.24, 2.45) is 0 Å². The van der Waals surface area contributed by atoms with Crippen LogP contribution in [0.4, 0.5) is 5.69 Å². The van der Waals surface area contributed by atoms with Gasteiger partial charge in [-0.25, -0.2) is 4.79 Å². The van der Waals surface area contributed by atoms with Crippen molar-refractivity contribution in [2.45, 2.75) is 40.2 Å². The minimum atomic E-state index is -0.331. The lowest BCUT2D eigenvalue weighted by atomic mass is 10.1. The molecule has 1 aliphatic rings. The Morgan fingerprint density at radius 2 is 2.05 bits per heavy atom. The normalized spacial score (nSPS) is 14.4. The molecular weight excluding hydrogens is 280 g/mol. The van der Waals surface area contributed by atoms with Gasteiger partial charge in [-0.05, 0) is 52.3 Å². The van der Waals surface area contributed by atoms with Crippen molar-refractivity contribution in [3.05, 3.63) is 23.8 Å². The van der Waals surface area contributed by atoms with Crippen LogP contribution in [0.15, 0.2) is 18.2 Å². The molecule has 5 heteroatoms. The molecule has 0 radical (unpaired) electrons. The van der Waals surface area contributed by atoms with Crippen molar-refractivity contribution >= 4 is 17.6 Å². The van der Waals surface area contributed by atoms with E-state index in [1.807, 2.05) is 51.7 Å². The van der Waals surface area contributed by atoms with Gasteiger partial charge in [0.2, 0.25) is 5.91 Å². The van der Waals surface area contributed by atoms with Crippen molar-refractivity contribution in [2.75, 3.05) is 24.5 Å². The molecule has 1 aliphatic heterocycles. The number of amides is 1. The van der Waals surface area contributed by atoms with Crippen molar-refractivity contribution in [1.82, 2.24) is 4.90 Å². The first kappa shape index (κ1) is 16.3. The number of aryl methyl sites for hydroxylation is 1. The Balaban J connectivity index is 2.25. The van der Waals surface area contributed by atoms with Crippen LogP contribution in [0.2, 0.25) is 0 Å². The zero-order valence-electron chi connectivity index (χ0n) is 14.0. The fourth-order valence-electron chi connectivity index (χ4n) is 2.77. The van der Waals surface area contributed by atoms with Gasteiger partial charge >= 0.3 is 5.97 Å². The first-order valence-electron chi connectivity index (χ1n) is 7.59. The zero-order valence-corrected chi connectivity index (χ0v) is 14.0. The maximum absolute atomic E-state index is 12.6. The van der Waals surface area contributed by atoms with Gasteiger partial charge in [0.25, 0.3) is 0 Å². The van der Waals surface area contributed by atoms with E-state index in [1.54, 1.807) is 11.0 Å². The van der Waals surface area contributed by atoms with Crippen LogP contribution in [-0.4, -0.2) is 41.9 Å². The monoisotopic (exact) mass is 304 g/mol. The predicted octanol–water partition coefficient (Wildman–Crippen LogP) is 2.37. The average Bonchev–Trinajstić information content (AvgIpc) is 2.38. The van der Waals surface area contributed by atoms with E-state index in [0.717, 1.165) is 11.3 Å². The SMILES string of the molecule is CCN(C(=O)CN1CC(=O)Oc2ccc(C)cc21)C(C)(C)C. The largest absolute Gasteiger partial charge is 0.423 e. The molecule has 1 heterocycles. The number of ether oxygens (including phenoxy) is 1. The Labute approximate surface area is 131 Å². The van der Waals surface area contributed by atoms with Gasteiger partial charge in [-0.15, -0.1) is 0 Å². The van der Waals surface area contributed by atoms with Gasteiger partial charge in [0.05, 0.1) is 12.2 Å². The molecule has 0 bridgehead atoms. The van der Waals surface area contributed by atoms with E-state index >= 15 is 0 Å². The Morgan fingerprint density at radius 3 is 2.64 bits per heavy atom. The highest BCUT2D eigenvalue weighted by molar-refractivity contribution is 5.89. The summed E-state index contributed by atoms with van der Waals surface area (Å²) in [5.41, 5.74) is 1.63. The summed E-state index contributed by atoms with van der Waals surface area (Å²) < 4.78 is 5.25. The first-order valence-corrected chi connectivity index (χ1v) is 7.59. The van der Waals surface area contributed by atoms with Crippen LogP contribution in [0.3, 0.4) is 0 Å². The number of esters is 1. The fourth-order valence-corrected chi connectivity index (χ4v) is 2.77. The summed E-state index contributed by atoms with van der Waals surface area (Å²) in [5, 5.41) is 0. The van der Waals surface area contributed by atoms with Gasteiger partial charge in [0, 0.05) is 12.1 Å². The molecule has 0 unspecified atom stereocenters. The van der Waals surface area contributed by atoms with Crippen molar-refractivity contribution < 1.29 is 14.3 Å². The van der Waals surface area contributed by atoms with Crippen LogP contribution in [0.5, 0.6) is 5.75 Å². The molecule has 0 N–H and O–H groups in total. The number of fused-ring (bicyclic) bond motifs is 1. The topological polar surface area (TPSA) is 49.9 Å². The van der Waals surface area contributed by atoms with Crippen LogP contribution in [-0.2, 0) is 9.59 Å². The minimum Gasteiger partial charge on any atom is -0.423 e. The second-order valence-electron chi connectivity index (χ2n) is 6.61. The van der Waals surface area contributed by atoms with E-state index in [9.17, 15) is 9.59 Å². The Kier molecular flexibility index (Phi) is 4.44. The highest BCUT2D eigenvalue weighted by atomic mass is 16.5. The summed E-state index contributed by atoms with van der Waals surface area (Å²) in [4.78, 5) is 28.0. The second kappa shape index (κ2) is 5.99. The van der Waals surface area contributed by atoms with Gasteiger partial charge in [-0.3, -0.25) is 4.79 Å². The van der Waals surface area contributed by atoms with Crippen LogP contribution in [0.1, 0.15) is 33.3 Å². The molecule has 1 aromatic carbocycles. The third-order valence-corrected chi connectivity index (χ3v) is 3.75. The lowest BCUT2D eigenvalue weighted by molar-refractivity contribution is -0.135. The van der Waals surface area contributed by atoms with E-state index in [-0.39, 0.29) is 30.5 Å². The summed E-state index contributed by atoms with van der Waals surface area (Å²) in [6.07, 6.45) is 0. The molecule has 2 rings (SSSR count). The summed E-state index contributed by atoms with van der Waals surface area (Å²) in [7, 11) is 0. The molecule has 0 saturated carbocycles. The fraction of sp³-hybridized carbons (Fsp3) is 0.529. The second-order valence-corrected chi connectivity index (χ2v) is 6.61. The first-order chi connectivity index (χ1) is 10.2. The van der Waals surface area contributed by atoms with Gasteiger partial charge in [0.15, 0.2) is 5.75 Å². The molecule has 1 amide bonds. The number of nitrogens with zero attached hydrogens (tertiary/aromatic N) is 2. The third kappa shape index (κ3) is 3.40. The number of benzene rings is 1. The molecular formula is C17H24N2O3. The number of likely N-dealkylation sites (N-methyl/N-ethyl adjacent to an activating group) is 1. The molecule has 0 aromatic heterocycles. The predicted molar refractivity (Wildman–Crippen MR) is 86.2 cm³/mol. The van der Waals surface area contributed by atoms with E-state index in [0.29, 0.717) is 12.3 Å². The number of hydrogen-bond donors (Lipinski definition) is 0. The van der Waals surface area contributed by atoms with E-state index < -0.39 is 0 Å². The van der Waals surface area contributed by atoms with E-state index in [2.05, 4.69) is 0 Å². The summed E-state index contributed by atoms with van der Waals surface area (Å²) >= 11 is 0. The summed E-state index contributed by atoms with van der Waals surface area (Å²) in [6.45, 7) is 10.9. The highest BCUT2D eigenvalue weighted by Gasteiger charge is 2.30. The zero-order chi connectivity index (χ0) is 16.5. The van der Waals surface area contributed by atoms with Crippen LogP contribution < -0.4 is 9.64 Å². The van der Waals surface area contributed by atoms with Gasteiger partial charge in [0.1, 0.15) is 6.54 Å². The summed E-state index contributed by atoms with van der Waals surface area (Å²) in [6, 6.07) is 5.62. The molecule has 0 atom stereocenters. The van der Waals surface area contributed by atoms with Crippen molar-refractivity contribution in [3.63, 3.8) is 0 Å². The van der Waals surface area contributed by atoms with Crippen molar-refractivity contribution in [1.29, 1.82) is 0 Å². The van der Waals surface area contributed by atoms with Gasteiger partial charge < -0.3 is 14.5 Å². The lowest BCUT2D eigenvalue weighted by Crippen LogP contribution is -2.51. The number of carbonyl (C=O) groups excluding carboxylic acids is 2. The number of rotatable bonds is 3. The van der Waals surface area contributed by atoms with Crippen LogP contribution >= 0.6 is 0 Å². The van der Waals surface area contributed by atoms with E-state index in [4.69, 9.17) is 4.74 Å². The Hall–Kier alpha value is -2.04. The highest BCUT2D eigenvalue weighted by Crippen LogP contribution is 2.32. The molecule has 0 saturated heterocycles. The van der Waals surface area contributed by atoms with Gasteiger partial charge in [-0.2, -0.15) is 0 Å². The average molecular weight is 304 g/mol. The Bertz CT molecular complexity index is 590. The Morgan fingerprint density at radius 1 is 1.36 bits per heavy atom. The van der Waals surface area contributed by atoms with Crippen LogP contribution in [0.25, 0.3) is 0 Å². The molecule has 0 spiro atoms. The molecule has 120 valence electrons. The lowest BCUT2D eigenvalue weighted by Gasteiger charge is -2.37. The molecule has 1 aromatic rings. The van der Waals surface area contributed by atoms with Gasteiger partial charge in [-0.1, -0.05) is 6.07 Å². The maximum Gasteiger partial charge on any atom is 0.331 e. The maximum atomic E-state index is 12.6.